The lowest BCUT2D eigenvalue weighted by Gasteiger charge is -2.32. The number of hydrogen-bond donors (Lipinski definition) is 2. The van der Waals surface area contributed by atoms with Crippen molar-refractivity contribution in [3.05, 3.63) is 59.7 Å². The molecule has 176 valence electrons. The van der Waals surface area contributed by atoms with Crippen LogP contribution in [0.1, 0.15) is 30.5 Å². The third kappa shape index (κ3) is 5.70. The van der Waals surface area contributed by atoms with Crippen molar-refractivity contribution in [3.63, 3.8) is 0 Å². The number of rotatable bonds is 7. The molecule has 1 aliphatic rings. The lowest BCUT2D eigenvalue weighted by Crippen LogP contribution is -2.46. The van der Waals surface area contributed by atoms with Gasteiger partial charge in [-0.25, -0.2) is 0 Å². The summed E-state index contributed by atoms with van der Waals surface area (Å²) in [4.78, 5) is 41.6. The van der Waals surface area contributed by atoms with Gasteiger partial charge in [0.2, 0.25) is 17.7 Å². The molecule has 3 amide bonds. The van der Waals surface area contributed by atoms with Gasteiger partial charge in [-0.1, -0.05) is 36.4 Å². The smallest absolute Gasteiger partial charge is 0.239 e. The SMILES string of the molecule is COc1ccc(C)cc1NC(=O)CN1[C@H](C(=O)N(C)C)C[C@H](NC(C)=O)[C@@H]1c1ccccc1. The largest absolute Gasteiger partial charge is 0.495 e. The Balaban J connectivity index is 1.94. The number of nitrogens with zero attached hydrogens (tertiary/aromatic N) is 2. The Hall–Kier alpha value is -3.39. The van der Waals surface area contributed by atoms with Crippen LogP contribution in [0, 0.1) is 6.92 Å². The summed E-state index contributed by atoms with van der Waals surface area (Å²) in [6, 6.07) is 14.0. The number of hydrogen-bond acceptors (Lipinski definition) is 5. The van der Waals surface area contributed by atoms with Crippen molar-refractivity contribution in [1.82, 2.24) is 15.1 Å². The number of carbonyl (C=O) groups is 3. The van der Waals surface area contributed by atoms with Crippen LogP contribution in [0.3, 0.4) is 0 Å². The summed E-state index contributed by atoms with van der Waals surface area (Å²) in [6.45, 7) is 3.38. The van der Waals surface area contributed by atoms with Gasteiger partial charge in [-0.3, -0.25) is 19.3 Å². The van der Waals surface area contributed by atoms with Gasteiger partial charge in [0.05, 0.1) is 37.5 Å². The molecule has 2 aromatic rings. The molecule has 0 bridgehead atoms. The van der Waals surface area contributed by atoms with Gasteiger partial charge in [0.25, 0.3) is 0 Å². The second-order valence-electron chi connectivity index (χ2n) is 8.57. The minimum absolute atomic E-state index is 0.0169. The normalized spacial score (nSPS) is 20.2. The minimum Gasteiger partial charge on any atom is -0.495 e. The summed E-state index contributed by atoms with van der Waals surface area (Å²) in [5.74, 6) is 0.0179. The molecule has 1 saturated heterocycles. The first-order valence-corrected chi connectivity index (χ1v) is 10.9. The molecule has 8 heteroatoms. The van der Waals surface area contributed by atoms with Crippen LogP contribution in [-0.4, -0.2) is 67.4 Å². The number of carbonyl (C=O) groups excluding carboxylic acids is 3. The van der Waals surface area contributed by atoms with Crippen molar-refractivity contribution in [1.29, 1.82) is 0 Å². The number of amides is 3. The fourth-order valence-corrected chi connectivity index (χ4v) is 4.43. The maximum atomic E-state index is 13.2. The first-order chi connectivity index (χ1) is 15.7. The molecule has 2 aromatic carbocycles. The third-order valence-electron chi connectivity index (χ3n) is 5.83. The second-order valence-corrected chi connectivity index (χ2v) is 8.57. The number of ether oxygens (including phenoxy) is 1. The predicted octanol–water partition coefficient (Wildman–Crippen LogP) is 2.35. The highest BCUT2D eigenvalue weighted by Gasteiger charge is 2.46. The number of likely N-dealkylation sites (N-methyl/N-ethyl adjacent to an activating group) is 1. The first kappa shape index (κ1) is 24.3. The van der Waals surface area contributed by atoms with E-state index in [0.717, 1.165) is 11.1 Å². The molecule has 2 N–H and O–H groups in total. The summed E-state index contributed by atoms with van der Waals surface area (Å²) in [5, 5.41) is 5.92. The van der Waals surface area contributed by atoms with E-state index < -0.39 is 6.04 Å². The number of nitrogens with one attached hydrogen (secondary N) is 2. The maximum Gasteiger partial charge on any atom is 0.239 e. The van der Waals surface area contributed by atoms with Gasteiger partial charge in [-0.2, -0.15) is 0 Å². The second kappa shape index (κ2) is 10.5. The Morgan fingerprint density at radius 1 is 1.12 bits per heavy atom. The molecular weight excluding hydrogens is 420 g/mol. The fourth-order valence-electron chi connectivity index (χ4n) is 4.43. The first-order valence-electron chi connectivity index (χ1n) is 10.9. The Morgan fingerprint density at radius 2 is 1.82 bits per heavy atom. The lowest BCUT2D eigenvalue weighted by molar-refractivity contribution is -0.134. The molecule has 1 heterocycles. The number of methoxy groups -OCH3 is 1. The van der Waals surface area contributed by atoms with Crippen LogP contribution < -0.4 is 15.4 Å². The zero-order chi connectivity index (χ0) is 24.1. The molecule has 33 heavy (non-hydrogen) atoms. The van der Waals surface area contributed by atoms with Crippen molar-refractivity contribution >= 4 is 23.4 Å². The highest BCUT2D eigenvalue weighted by molar-refractivity contribution is 5.94. The van der Waals surface area contributed by atoms with E-state index in [9.17, 15) is 14.4 Å². The van der Waals surface area contributed by atoms with Crippen molar-refractivity contribution in [3.8, 4) is 5.75 Å². The van der Waals surface area contributed by atoms with Crippen molar-refractivity contribution in [2.45, 2.75) is 38.4 Å². The quantitative estimate of drug-likeness (QED) is 0.673. The van der Waals surface area contributed by atoms with E-state index in [0.29, 0.717) is 17.9 Å². The van der Waals surface area contributed by atoms with Crippen LogP contribution in [-0.2, 0) is 14.4 Å². The van der Waals surface area contributed by atoms with Gasteiger partial charge < -0.3 is 20.3 Å². The number of likely N-dealkylation sites (tertiary alicyclic amines) is 1. The average Bonchev–Trinajstić information content (AvgIpc) is 3.10. The van der Waals surface area contributed by atoms with Crippen LogP contribution in [0.2, 0.25) is 0 Å². The summed E-state index contributed by atoms with van der Waals surface area (Å²) in [5.41, 5.74) is 2.50. The maximum absolute atomic E-state index is 13.2. The predicted molar refractivity (Wildman–Crippen MR) is 127 cm³/mol. The Kier molecular flexibility index (Phi) is 7.71. The Bertz CT molecular complexity index is 1010. The lowest BCUT2D eigenvalue weighted by atomic mass is 9.99. The summed E-state index contributed by atoms with van der Waals surface area (Å²) in [6.07, 6.45) is 0.414. The van der Waals surface area contributed by atoms with Crippen molar-refractivity contribution in [2.75, 3.05) is 33.1 Å². The molecule has 0 unspecified atom stereocenters. The minimum atomic E-state index is -0.549. The van der Waals surface area contributed by atoms with Gasteiger partial charge in [-0.15, -0.1) is 0 Å². The zero-order valence-corrected chi connectivity index (χ0v) is 19.8. The van der Waals surface area contributed by atoms with E-state index in [1.54, 1.807) is 27.3 Å². The average molecular weight is 453 g/mol. The standard InChI is InChI=1S/C25H32N4O4/c1-16-11-12-22(33-5)19(13-16)27-23(31)15-29-21(25(32)28(3)4)14-20(26-17(2)30)24(29)18-9-7-6-8-10-18/h6-13,20-21,24H,14-15H2,1-5H3,(H,26,30)(H,27,31)/t20-,21-,24-/m0/s1. The third-order valence-corrected chi connectivity index (χ3v) is 5.83. The van der Waals surface area contributed by atoms with Gasteiger partial charge in [-0.05, 0) is 36.6 Å². The zero-order valence-electron chi connectivity index (χ0n) is 19.8. The molecule has 8 nitrogen and oxygen atoms in total. The molecule has 1 fully saturated rings. The van der Waals surface area contributed by atoms with Crippen molar-refractivity contribution in [2.24, 2.45) is 0 Å². The van der Waals surface area contributed by atoms with Crippen LogP contribution in [0.25, 0.3) is 0 Å². The number of benzene rings is 2. The van der Waals surface area contributed by atoms with Crippen LogP contribution >= 0.6 is 0 Å². The van der Waals surface area contributed by atoms with Gasteiger partial charge >= 0.3 is 0 Å². The van der Waals surface area contributed by atoms with E-state index in [-0.39, 0.29) is 36.3 Å². The molecule has 0 aromatic heterocycles. The van der Waals surface area contributed by atoms with Crippen LogP contribution in [0.5, 0.6) is 5.75 Å². The van der Waals surface area contributed by atoms with E-state index >= 15 is 0 Å². The van der Waals surface area contributed by atoms with Gasteiger partial charge in [0, 0.05) is 21.0 Å². The fraction of sp³-hybridized carbons (Fsp3) is 0.400. The van der Waals surface area contributed by atoms with E-state index in [1.807, 2.05) is 54.3 Å². The van der Waals surface area contributed by atoms with Crippen LogP contribution in [0.15, 0.2) is 48.5 Å². The molecule has 3 atom stereocenters. The Labute approximate surface area is 194 Å². The molecule has 0 radical (unpaired) electrons. The number of anilines is 1. The van der Waals surface area contributed by atoms with E-state index in [2.05, 4.69) is 10.6 Å². The van der Waals surface area contributed by atoms with Crippen molar-refractivity contribution < 1.29 is 19.1 Å². The van der Waals surface area contributed by atoms with Gasteiger partial charge in [0.15, 0.2) is 0 Å². The Morgan fingerprint density at radius 3 is 2.42 bits per heavy atom. The molecule has 0 saturated carbocycles. The topological polar surface area (TPSA) is 91.0 Å². The summed E-state index contributed by atoms with van der Waals surface area (Å²) >= 11 is 0. The van der Waals surface area contributed by atoms with Gasteiger partial charge in [0.1, 0.15) is 5.75 Å². The molecule has 0 spiro atoms. The van der Waals surface area contributed by atoms with E-state index in [4.69, 9.17) is 4.74 Å². The number of aryl methyl sites for hydroxylation is 1. The molecule has 3 rings (SSSR count). The summed E-state index contributed by atoms with van der Waals surface area (Å²) < 4.78 is 5.38. The highest BCUT2D eigenvalue weighted by atomic mass is 16.5. The molecular formula is C25H32N4O4. The molecule has 1 aliphatic heterocycles. The van der Waals surface area contributed by atoms with E-state index in [1.165, 1.54) is 11.8 Å². The highest BCUT2D eigenvalue weighted by Crippen LogP contribution is 2.37. The van der Waals surface area contributed by atoms with Crippen LogP contribution in [0.4, 0.5) is 5.69 Å². The monoisotopic (exact) mass is 452 g/mol. The molecule has 0 aliphatic carbocycles. The summed E-state index contributed by atoms with van der Waals surface area (Å²) in [7, 11) is 4.94.